The molecule has 3 nitrogen and oxygen atoms in total. The molecule has 1 fully saturated rings. The van der Waals surface area contributed by atoms with Crippen molar-refractivity contribution >= 4 is 5.82 Å². The van der Waals surface area contributed by atoms with Gasteiger partial charge in [0.05, 0.1) is 0 Å². The number of hydrogen-bond acceptors (Lipinski definition) is 3. The fraction of sp³-hybridized carbons (Fsp3) is 0.643. The molecule has 2 rings (SSSR count). The van der Waals surface area contributed by atoms with Crippen molar-refractivity contribution in [3.8, 4) is 0 Å². The molecule has 2 heterocycles. The predicted molar refractivity (Wildman–Crippen MR) is 72.2 cm³/mol. The SMILES string of the molecule is Cc1nc(N2CCCCCCC2)ccc1CN. The van der Waals surface area contributed by atoms with Crippen LogP contribution in [-0.4, -0.2) is 18.1 Å². The van der Waals surface area contributed by atoms with Gasteiger partial charge in [0.2, 0.25) is 0 Å². The van der Waals surface area contributed by atoms with Crippen LogP contribution in [-0.2, 0) is 6.54 Å². The van der Waals surface area contributed by atoms with E-state index >= 15 is 0 Å². The summed E-state index contributed by atoms with van der Waals surface area (Å²) < 4.78 is 0. The summed E-state index contributed by atoms with van der Waals surface area (Å²) in [6.07, 6.45) is 6.69. The van der Waals surface area contributed by atoms with E-state index in [1.165, 1.54) is 32.1 Å². The molecule has 1 aliphatic heterocycles. The molecule has 3 heteroatoms. The quantitative estimate of drug-likeness (QED) is 0.854. The van der Waals surface area contributed by atoms with Gasteiger partial charge in [0, 0.05) is 25.3 Å². The van der Waals surface area contributed by atoms with Crippen molar-refractivity contribution in [1.29, 1.82) is 0 Å². The fourth-order valence-electron chi connectivity index (χ4n) is 2.45. The smallest absolute Gasteiger partial charge is 0.128 e. The van der Waals surface area contributed by atoms with Crippen molar-refractivity contribution in [1.82, 2.24) is 4.98 Å². The summed E-state index contributed by atoms with van der Waals surface area (Å²) in [5, 5.41) is 0. The van der Waals surface area contributed by atoms with Gasteiger partial charge in [-0.1, -0.05) is 25.3 Å². The first-order chi connectivity index (χ1) is 8.31. The maximum atomic E-state index is 5.67. The van der Waals surface area contributed by atoms with Gasteiger partial charge in [0.15, 0.2) is 0 Å². The average molecular weight is 233 g/mol. The Bertz CT molecular complexity index is 354. The van der Waals surface area contributed by atoms with Crippen LogP contribution in [0.15, 0.2) is 12.1 Å². The van der Waals surface area contributed by atoms with Crippen LogP contribution in [0.4, 0.5) is 5.82 Å². The minimum Gasteiger partial charge on any atom is -0.357 e. The average Bonchev–Trinajstić information content (AvgIpc) is 2.28. The van der Waals surface area contributed by atoms with E-state index < -0.39 is 0 Å². The molecule has 17 heavy (non-hydrogen) atoms. The van der Waals surface area contributed by atoms with Crippen LogP contribution < -0.4 is 10.6 Å². The van der Waals surface area contributed by atoms with Crippen molar-refractivity contribution in [2.75, 3.05) is 18.0 Å². The summed E-state index contributed by atoms with van der Waals surface area (Å²) in [6.45, 7) is 4.93. The van der Waals surface area contributed by atoms with Gasteiger partial charge in [-0.05, 0) is 31.4 Å². The highest BCUT2D eigenvalue weighted by atomic mass is 15.2. The van der Waals surface area contributed by atoms with E-state index in [0.29, 0.717) is 6.54 Å². The van der Waals surface area contributed by atoms with Crippen LogP contribution in [0.1, 0.15) is 43.4 Å². The van der Waals surface area contributed by atoms with Gasteiger partial charge >= 0.3 is 0 Å². The lowest BCUT2D eigenvalue weighted by atomic mass is 10.1. The molecule has 0 saturated carbocycles. The van der Waals surface area contributed by atoms with Gasteiger partial charge in [-0.2, -0.15) is 0 Å². The first kappa shape index (κ1) is 12.4. The number of aryl methyl sites for hydroxylation is 1. The summed E-state index contributed by atoms with van der Waals surface area (Å²) in [5.74, 6) is 1.13. The van der Waals surface area contributed by atoms with Crippen LogP contribution in [0.25, 0.3) is 0 Å². The molecule has 1 aromatic heterocycles. The summed E-state index contributed by atoms with van der Waals surface area (Å²) in [7, 11) is 0. The Labute approximate surface area is 104 Å². The van der Waals surface area contributed by atoms with Crippen LogP contribution in [0.3, 0.4) is 0 Å². The number of hydrogen-bond donors (Lipinski definition) is 1. The molecule has 2 N–H and O–H groups in total. The Kier molecular flexibility index (Phi) is 4.37. The van der Waals surface area contributed by atoms with Gasteiger partial charge in [-0.15, -0.1) is 0 Å². The normalized spacial score (nSPS) is 17.6. The predicted octanol–water partition coefficient (Wildman–Crippen LogP) is 2.62. The molecule has 0 spiro atoms. The monoisotopic (exact) mass is 233 g/mol. The Hall–Kier alpha value is -1.09. The summed E-state index contributed by atoms with van der Waals surface area (Å²) >= 11 is 0. The zero-order chi connectivity index (χ0) is 12.1. The van der Waals surface area contributed by atoms with Crippen molar-refractivity contribution in [2.45, 2.75) is 45.6 Å². The molecule has 1 aliphatic rings. The molecular weight excluding hydrogens is 210 g/mol. The highest BCUT2D eigenvalue weighted by Crippen LogP contribution is 2.18. The summed E-state index contributed by atoms with van der Waals surface area (Å²) in [4.78, 5) is 7.11. The maximum absolute atomic E-state index is 5.67. The second-order valence-corrected chi connectivity index (χ2v) is 4.87. The third-order valence-corrected chi connectivity index (χ3v) is 3.58. The van der Waals surface area contributed by atoms with Crippen LogP contribution in [0.5, 0.6) is 0 Å². The Morgan fingerprint density at radius 2 is 1.76 bits per heavy atom. The van der Waals surface area contributed by atoms with Gasteiger partial charge < -0.3 is 10.6 Å². The van der Waals surface area contributed by atoms with Gasteiger partial charge in [0.25, 0.3) is 0 Å². The maximum Gasteiger partial charge on any atom is 0.128 e. The number of nitrogens with two attached hydrogens (primary N) is 1. The molecule has 0 aromatic carbocycles. The lowest BCUT2D eigenvalue weighted by molar-refractivity contribution is 0.553. The third-order valence-electron chi connectivity index (χ3n) is 3.58. The number of pyridine rings is 1. The summed E-state index contributed by atoms with van der Waals surface area (Å²) in [5.41, 5.74) is 7.90. The van der Waals surface area contributed by atoms with E-state index in [1.807, 2.05) is 0 Å². The topological polar surface area (TPSA) is 42.2 Å². The largest absolute Gasteiger partial charge is 0.357 e. The van der Waals surface area contributed by atoms with E-state index in [9.17, 15) is 0 Å². The molecule has 0 atom stereocenters. The standard InChI is InChI=1S/C14H23N3/c1-12-13(11-15)7-8-14(16-12)17-9-5-3-2-4-6-10-17/h7-8H,2-6,9-11,15H2,1H3. The second-order valence-electron chi connectivity index (χ2n) is 4.87. The van der Waals surface area contributed by atoms with E-state index in [2.05, 4.69) is 28.9 Å². The van der Waals surface area contributed by atoms with Crippen molar-refractivity contribution in [3.05, 3.63) is 23.4 Å². The van der Waals surface area contributed by atoms with Crippen LogP contribution in [0, 0.1) is 6.92 Å². The molecule has 0 unspecified atom stereocenters. The number of rotatable bonds is 2. The van der Waals surface area contributed by atoms with E-state index in [4.69, 9.17) is 5.73 Å². The van der Waals surface area contributed by atoms with E-state index in [0.717, 1.165) is 30.2 Å². The molecule has 94 valence electrons. The number of anilines is 1. The molecule has 1 saturated heterocycles. The highest BCUT2D eigenvalue weighted by molar-refractivity contribution is 5.41. The van der Waals surface area contributed by atoms with E-state index in [-0.39, 0.29) is 0 Å². The Morgan fingerprint density at radius 1 is 1.12 bits per heavy atom. The van der Waals surface area contributed by atoms with Crippen molar-refractivity contribution in [2.24, 2.45) is 5.73 Å². The molecule has 0 aliphatic carbocycles. The minimum absolute atomic E-state index is 0.582. The van der Waals surface area contributed by atoms with Gasteiger partial charge in [0.1, 0.15) is 5.82 Å². The molecule has 1 aromatic rings. The number of nitrogens with zero attached hydrogens (tertiary/aromatic N) is 2. The lowest BCUT2D eigenvalue weighted by Gasteiger charge is -2.26. The third kappa shape index (κ3) is 3.19. The van der Waals surface area contributed by atoms with Gasteiger partial charge in [-0.3, -0.25) is 0 Å². The number of aromatic nitrogens is 1. The first-order valence-electron chi connectivity index (χ1n) is 6.73. The Morgan fingerprint density at radius 3 is 2.35 bits per heavy atom. The molecule has 0 amide bonds. The molecule has 0 bridgehead atoms. The Balaban J connectivity index is 2.11. The lowest BCUT2D eigenvalue weighted by Crippen LogP contribution is -2.28. The first-order valence-corrected chi connectivity index (χ1v) is 6.73. The zero-order valence-corrected chi connectivity index (χ0v) is 10.8. The van der Waals surface area contributed by atoms with Gasteiger partial charge in [-0.25, -0.2) is 4.98 Å². The molecular formula is C14H23N3. The summed E-state index contributed by atoms with van der Waals surface area (Å²) in [6, 6.07) is 4.24. The van der Waals surface area contributed by atoms with Crippen molar-refractivity contribution in [3.63, 3.8) is 0 Å². The van der Waals surface area contributed by atoms with Crippen molar-refractivity contribution < 1.29 is 0 Å². The van der Waals surface area contributed by atoms with Crippen LogP contribution >= 0.6 is 0 Å². The second kappa shape index (κ2) is 6.01. The van der Waals surface area contributed by atoms with E-state index in [1.54, 1.807) is 0 Å². The highest BCUT2D eigenvalue weighted by Gasteiger charge is 2.11. The fourth-order valence-corrected chi connectivity index (χ4v) is 2.45. The minimum atomic E-state index is 0.582. The molecule has 0 radical (unpaired) electrons. The zero-order valence-electron chi connectivity index (χ0n) is 10.8. The van der Waals surface area contributed by atoms with Crippen LogP contribution in [0.2, 0.25) is 0 Å².